The lowest BCUT2D eigenvalue weighted by atomic mass is 10.1. The van der Waals surface area contributed by atoms with Gasteiger partial charge in [0, 0.05) is 18.8 Å². The molecular formula is C15H18N4O. The smallest absolute Gasteiger partial charge is 0.272 e. The fraction of sp³-hybridized carbons (Fsp3) is 0.333. The van der Waals surface area contributed by atoms with Crippen molar-refractivity contribution in [3.8, 4) is 5.69 Å². The van der Waals surface area contributed by atoms with Crippen molar-refractivity contribution in [3.05, 3.63) is 48.3 Å². The highest BCUT2D eigenvalue weighted by molar-refractivity contribution is 5.92. The Hall–Kier alpha value is -2.14. The van der Waals surface area contributed by atoms with Gasteiger partial charge >= 0.3 is 0 Å². The Bertz CT molecular complexity index is 573. The second-order valence-corrected chi connectivity index (χ2v) is 5.00. The van der Waals surface area contributed by atoms with Crippen LogP contribution in [0.3, 0.4) is 0 Å². The Labute approximate surface area is 118 Å². The molecule has 2 heterocycles. The lowest BCUT2D eigenvalue weighted by Gasteiger charge is -2.23. The summed E-state index contributed by atoms with van der Waals surface area (Å²) in [5.74, 6) is -0.103. The van der Waals surface area contributed by atoms with Gasteiger partial charge in [-0.15, -0.1) is 0 Å². The number of benzene rings is 1. The van der Waals surface area contributed by atoms with Gasteiger partial charge in [-0.05, 0) is 37.6 Å². The van der Waals surface area contributed by atoms with Crippen LogP contribution in [0.1, 0.15) is 23.3 Å². The third-order valence-corrected chi connectivity index (χ3v) is 3.47. The largest absolute Gasteiger partial charge is 0.347 e. The van der Waals surface area contributed by atoms with E-state index in [2.05, 4.69) is 15.7 Å². The van der Waals surface area contributed by atoms with Crippen LogP contribution in [0.4, 0.5) is 0 Å². The van der Waals surface area contributed by atoms with Crippen LogP contribution < -0.4 is 10.6 Å². The van der Waals surface area contributed by atoms with Crippen LogP contribution in [0.2, 0.25) is 0 Å². The van der Waals surface area contributed by atoms with Gasteiger partial charge in [0.25, 0.3) is 5.91 Å². The van der Waals surface area contributed by atoms with Crippen molar-refractivity contribution in [2.24, 2.45) is 0 Å². The maximum Gasteiger partial charge on any atom is 0.272 e. The topological polar surface area (TPSA) is 59.0 Å². The predicted molar refractivity (Wildman–Crippen MR) is 76.9 cm³/mol. The van der Waals surface area contributed by atoms with Gasteiger partial charge in [-0.25, -0.2) is 4.68 Å². The molecule has 0 spiro atoms. The van der Waals surface area contributed by atoms with Gasteiger partial charge in [0.1, 0.15) is 0 Å². The molecule has 104 valence electrons. The highest BCUT2D eigenvalue weighted by atomic mass is 16.2. The van der Waals surface area contributed by atoms with Gasteiger partial charge in [0.15, 0.2) is 5.69 Å². The lowest BCUT2D eigenvalue weighted by molar-refractivity contribution is 0.0925. The van der Waals surface area contributed by atoms with Gasteiger partial charge in [0.2, 0.25) is 0 Å². The number of para-hydroxylation sites is 1. The van der Waals surface area contributed by atoms with Crippen LogP contribution in [0.15, 0.2) is 42.6 Å². The van der Waals surface area contributed by atoms with Crippen molar-refractivity contribution in [2.75, 3.05) is 13.1 Å². The van der Waals surface area contributed by atoms with E-state index >= 15 is 0 Å². The second-order valence-electron chi connectivity index (χ2n) is 5.00. The van der Waals surface area contributed by atoms with Gasteiger partial charge in [-0.1, -0.05) is 18.2 Å². The van der Waals surface area contributed by atoms with Crippen LogP contribution in [0.25, 0.3) is 5.69 Å². The van der Waals surface area contributed by atoms with Crippen molar-refractivity contribution < 1.29 is 4.79 Å². The molecule has 5 heteroatoms. The molecule has 0 radical (unpaired) electrons. The highest BCUT2D eigenvalue weighted by Crippen LogP contribution is 2.08. The average molecular weight is 270 g/mol. The predicted octanol–water partition coefficient (Wildman–Crippen LogP) is 1.35. The van der Waals surface area contributed by atoms with Crippen LogP contribution in [0, 0.1) is 0 Å². The number of carbonyl (C=O) groups excluding carboxylic acids is 1. The first kappa shape index (κ1) is 12.9. The van der Waals surface area contributed by atoms with Crippen molar-refractivity contribution in [2.45, 2.75) is 18.9 Å². The molecule has 1 aliphatic rings. The van der Waals surface area contributed by atoms with Crippen LogP contribution >= 0.6 is 0 Å². The fourth-order valence-corrected chi connectivity index (χ4v) is 2.40. The highest BCUT2D eigenvalue weighted by Gasteiger charge is 2.17. The molecule has 1 aliphatic heterocycles. The number of amides is 1. The summed E-state index contributed by atoms with van der Waals surface area (Å²) in [6.07, 6.45) is 3.94. The van der Waals surface area contributed by atoms with Crippen LogP contribution in [0.5, 0.6) is 0 Å². The molecular weight excluding hydrogens is 252 g/mol. The zero-order valence-electron chi connectivity index (χ0n) is 11.2. The molecule has 1 unspecified atom stereocenters. The Balaban J connectivity index is 1.68. The minimum absolute atomic E-state index is 0.103. The molecule has 20 heavy (non-hydrogen) atoms. The molecule has 0 bridgehead atoms. The Kier molecular flexibility index (Phi) is 3.78. The third kappa shape index (κ3) is 2.88. The summed E-state index contributed by atoms with van der Waals surface area (Å²) in [6, 6.07) is 11.7. The second kappa shape index (κ2) is 5.88. The van der Waals surface area contributed by atoms with E-state index in [1.165, 1.54) is 0 Å². The molecule has 1 saturated heterocycles. The first-order valence-corrected chi connectivity index (χ1v) is 6.95. The monoisotopic (exact) mass is 270 g/mol. The summed E-state index contributed by atoms with van der Waals surface area (Å²) < 4.78 is 1.72. The normalized spacial score (nSPS) is 18.7. The quantitative estimate of drug-likeness (QED) is 0.885. The Morgan fingerprint density at radius 3 is 2.90 bits per heavy atom. The summed E-state index contributed by atoms with van der Waals surface area (Å²) in [4.78, 5) is 12.1. The van der Waals surface area contributed by atoms with Gasteiger partial charge < -0.3 is 10.6 Å². The Morgan fingerprint density at radius 1 is 1.30 bits per heavy atom. The van der Waals surface area contributed by atoms with E-state index in [1.54, 1.807) is 10.7 Å². The number of carbonyl (C=O) groups is 1. The van der Waals surface area contributed by atoms with E-state index in [1.807, 2.05) is 36.5 Å². The molecule has 3 rings (SSSR count). The van der Waals surface area contributed by atoms with E-state index in [0.29, 0.717) is 5.69 Å². The molecule has 1 fully saturated rings. The summed E-state index contributed by atoms with van der Waals surface area (Å²) >= 11 is 0. The molecule has 1 atom stereocenters. The number of hydrogen-bond acceptors (Lipinski definition) is 3. The number of nitrogens with zero attached hydrogens (tertiary/aromatic N) is 2. The summed E-state index contributed by atoms with van der Waals surface area (Å²) in [6.45, 7) is 1.88. The summed E-state index contributed by atoms with van der Waals surface area (Å²) in [7, 11) is 0. The zero-order chi connectivity index (χ0) is 13.8. The lowest BCUT2D eigenvalue weighted by Crippen LogP contribution is -2.45. The van der Waals surface area contributed by atoms with Gasteiger partial charge in [-0.2, -0.15) is 5.10 Å². The van der Waals surface area contributed by atoms with Crippen LogP contribution in [-0.2, 0) is 0 Å². The number of rotatable bonds is 3. The first-order valence-electron chi connectivity index (χ1n) is 6.95. The van der Waals surface area contributed by atoms with Gasteiger partial charge in [-0.3, -0.25) is 4.79 Å². The number of nitrogens with one attached hydrogen (secondary N) is 2. The van der Waals surface area contributed by atoms with E-state index in [9.17, 15) is 4.79 Å². The first-order chi connectivity index (χ1) is 9.83. The molecule has 2 N–H and O–H groups in total. The third-order valence-electron chi connectivity index (χ3n) is 3.47. The Morgan fingerprint density at radius 2 is 2.15 bits per heavy atom. The number of aromatic nitrogens is 2. The molecule has 0 saturated carbocycles. The standard InChI is InChI=1S/C15H18N4O/c20-15(17-12-5-4-9-16-11-12)14-8-10-19(18-14)13-6-2-1-3-7-13/h1-3,6-8,10,12,16H,4-5,9,11H2,(H,17,20). The molecule has 1 amide bonds. The van der Waals surface area contributed by atoms with Gasteiger partial charge in [0.05, 0.1) is 5.69 Å². The fourth-order valence-electron chi connectivity index (χ4n) is 2.40. The molecule has 1 aromatic heterocycles. The maximum atomic E-state index is 12.1. The van der Waals surface area contributed by atoms with Crippen molar-refractivity contribution >= 4 is 5.91 Å². The van der Waals surface area contributed by atoms with Crippen molar-refractivity contribution in [3.63, 3.8) is 0 Å². The molecule has 2 aromatic rings. The van der Waals surface area contributed by atoms with Crippen molar-refractivity contribution in [1.82, 2.24) is 20.4 Å². The maximum absolute atomic E-state index is 12.1. The zero-order valence-corrected chi connectivity index (χ0v) is 11.2. The van der Waals surface area contributed by atoms with Crippen molar-refractivity contribution in [1.29, 1.82) is 0 Å². The SMILES string of the molecule is O=C(NC1CCCNC1)c1ccn(-c2ccccc2)n1. The molecule has 1 aromatic carbocycles. The average Bonchev–Trinajstić information content (AvgIpc) is 2.99. The molecule has 0 aliphatic carbocycles. The van der Waals surface area contributed by atoms with E-state index < -0.39 is 0 Å². The van der Waals surface area contributed by atoms with E-state index in [4.69, 9.17) is 0 Å². The minimum Gasteiger partial charge on any atom is -0.347 e. The minimum atomic E-state index is -0.103. The molecule has 5 nitrogen and oxygen atoms in total. The summed E-state index contributed by atoms with van der Waals surface area (Å²) in [5.41, 5.74) is 1.41. The number of hydrogen-bond donors (Lipinski definition) is 2. The van der Waals surface area contributed by atoms with E-state index in [-0.39, 0.29) is 11.9 Å². The number of piperidine rings is 1. The summed E-state index contributed by atoms with van der Waals surface area (Å²) in [5, 5.41) is 10.6. The van der Waals surface area contributed by atoms with Crippen LogP contribution in [-0.4, -0.2) is 34.8 Å². The van der Waals surface area contributed by atoms with E-state index in [0.717, 1.165) is 31.6 Å².